The third-order valence-corrected chi connectivity index (χ3v) is 4.26. The standard InChI is InChI=1S/C13H18N4O4S/c1-5-6-17-9-10(14-12(17)22-7-8(18)21-4)15(2)13(20)16(3)11(9)19/h5-7H2,1-4H3. The molecule has 0 bridgehead atoms. The Morgan fingerprint density at radius 2 is 1.95 bits per heavy atom. The van der Waals surface area contributed by atoms with E-state index in [1.54, 1.807) is 11.6 Å². The summed E-state index contributed by atoms with van der Waals surface area (Å²) < 4.78 is 8.77. The van der Waals surface area contributed by atoms with E-state index in [-0.39, 0.29) is 17.3 Å². The molecule has 2 aromatic rings. The van der Waals surface area contributed by atoms with Gasteiger partial charge in [-0.15, -0.1) is 0 Å². The highest BCUT2D eigenvalue weighted by Crippen LogP contribution is 2.22. The minimum atomic E-state index is -0.428. The molecule has 0 atom stereocenters. The Morgan fingerprint density at radius 1 is 1.27 bits per heavy atom. The van der Waals surface area contributed by atoms with Crippen LogP contribution in [0.2, 0.25) is 0 Å². The van der Waals surface area contributed by atoms with Gasteiger partial charge in [-0.05, 0) is 6.42 Å². The maximum atomic E-state index is 12.4. The molecule has 0 saturated carbocycles. The minimum absolute atomic E-state index is 0.0950. The van der Waals surface area contributed by atoms with Crippen molar-refractivity contribution < 1.29 is 9.53 Å². The summed E-state index contributed by atoms with van der Waals surface area (Å²) >= 11 is 1.19. The first kappa shape index (κ1) is 16.3. The van der Waals surface area contributed by atoms with Crippen LogP contribution in [0.15, 0.2) is 14.7 Å². The van der Waals surface area contributed by atoms with Crippen molar-refractivity contribution in [3.05, 3.63) is 20.8 Å². The third-order valence-electron chi connectivity index (χ3n) is 3.31. The number of aryl methyl sites for hydroxylation is 2. The molecule has 0 spiro atoms. The summed E-state index contributed by atoms with van der Waals surface area (Å²) in [4.78, 5) is 40.1. The normalized spacial score (nSPS) is 11.1. The van der Waals surface area contributed by atoms with Crippen molar-refractivity contribution in [2.75, 3.05) is 12.9 Å². The first-order valence-corrected chi connectivity index (χ1v) is 7.76. The van der Waals surface area contributed by atoms with Crippen LogP contribution in [-0.2, 0) is 30.2 Å². The third kappa shape index (κ3) is 2.68. The largest absolute Gasteiger partial charge is 0.468 e. The summed E-state index contributed by atoms with van der Waals surface area (Å²) in [5.74, 6) is -0.278. The molecular formula is C13H18N4O4S. The number of aromatic nitrogens is 4. The van der Waals surface area contributed by atoms with Gasteiger partial charge >= 0.3 is 11.7 Å². The molecule has 0 fully saturated rings. The fraction of sp³-hybridized carbons (Fsp3) is 0.538. The van der Waals surface area contributed by atoms with Crippen molar-refractivity contribution in [1.29, 1.82) is 0 Å². The zero-order chi connectivity index (χ0) is 16.4. The number of imidazole rings is 1. The summed E-state index contributed by atoms with van der Waals surface area (Å²) in [6, 6.07) is 0. The van der Waals surface area contributed by atoms with Crippen molar-refractivity contribution >= 4 is 28.9 Å². The van der Waals surface area contributed by atoms with Gasteiger partial charge in [0, 0.05) is 20.6 Å². The van der Waals surface area contributed by atoms with Crippen molar-refractivity contribution in [3.8, 4) is 0 Å². The zero-order valence-corrected chi connectivity index (χ0v) is 13.8. The van der Waals surface area contributed by atoms with Gasteiger partial charge in [0.25, 0.3) is 5.56 Å². The van der Waals surface area contributed by atoms with Crippen molar-refractivity contribution in [3.63, 3.8) is 0 Å². The Bertz CT molecular complexity index is 833. The lowest BCUT2D eigenvalue weighted by Gasteiger charge is -2.07. The molecule has 0 aliphatic heterocycles. The van der Waals surface area contributed by atoms with Gasteiger partial charge < -0.3 is 9.30 Å². The van der Waals surface area contributed by atoms with E-state index in [2.05, 4.69) is 9.72 Å². The van der Waals surface area contributed by atoms with E-state index in [0.717, 1.165) is 11.0 Å². The van der Waals surface area contributed by atoms with Crippen LogP contribution in [0.3, 0.4) is 0 Å². The van der Waals surface area contributed by atoms with Crippen molar-refractivity contribution in [2.45, 2.75) is 25.0 Å². The molecule has 2 aromatic heterocycles. The molecule has 0 N–H and O–H groups in total. The van der Waals surface area contributed by atoms with E-state index in [1.807, 2.05) is 6.92 Å². The Balaban J connectivity index is 2.67. The summed E-state index contributed by atoms with van der Waals surface area (Å²) in [6.07, 6.45) is 0.795. The van der Waals surface area contributed by atoms with Crippen LogP contribution in [0, 0.1) is 0 Å². The van der Waals surface area contributed by atoms with Gasteiger partial charge in [0.15, 0.2) is 16.3 Å². The van der Waals surface area contributed by atoms with Crippen molar-refractivity contribution in [2.24, 2.45) is 14.1 Å². The lowest BCUT2D eigenvalue weighted by molar-refractivity contribution is -0.137. The molecule has 0 radical (unpaired) electrons. The Labute approximate surface area is 130 Å². The number of nitrogens with zero attached hydrogens (tertiary/aromatic N) is 4. The van der Waals surface area contributed by atoms with Gasteiger partial charge in [-0.2, -0.15) is 0 Å². The highest BCUT2D eigenvalue weighted by Gasteiger charge is 2.19. The van der Waals surface area contributed by atoms with E-state index in [9.17, 15) is 14.4 Å². The van der Waals surface area contributed by atoms with Gasteiger partial charge in [0.1, 0.15) is 0 Å². The molecule has 120 valence electrons. The van der Waals surface area contributed by atoms with Crippen LogP contribution < -0.4 is 11.2 Å². The Morgan fingerprint density at radius 3 is 2.55 bits per heavy atom. The lowest BCUT2D eigenvalue weighted by atomic mass is 10.4. The summed E-state index contributed by atoms with van der Waals surface area (Å²) in [7, 11) is 4.33. The van der Waals surface area contributed by atoms with E-state index in [0.29, 0.717) is 22.9 Å². The fourth-order valence-corrected chi connectivity index (χ4v) is 3.00. The Hall–Kier alpha value is -2.03. The number of esters is 1. The number of thioether (sulfide) groups is 1. The monoisotopic (exact) mass is 326 g/mol. The predicted octanol–water partition coefficient (Wildman–Crippen LogP) is 0.109. The maximum Gasteiger partial charge on any atom is 0.332 e. The van der Waals surface area contributed by atoms with Crippen LogP contribution in [0.5, 0.6) is 0 Å². The van der Waals surface area contributed by atoms with E-state index >= 15 is 0 Å². The quantitative estimate of drug-likeness (QED) is 0.572. The molecule has 2 heterocycles. The van der Waals surface area contributed by atoms with Gasteiger partial charge in [0.05, 0.1) is 12.9 Å². The molecule has 0 aromatic carbocycles. The van der Waals surface area contributed by atoms with Crippen LogP contribution in [0.1, 0.15) is 13.3 Å². The highest BCUT2D eigenvalue weighted by atomic mass is 32.2. The lowest BCUT2D eigenvalue weighted by Crippen LogP contribution is -2.37. The Kier molecular flexibility index (Phi) is 4.74. The molecule has 22 heavy (non-hydrogen) atoms. The number of carbonyl (C=O) groups is 1. The van der Waals surface area contributed by atoms with Crippen LogP contribution in [0.4, 0.5) is 0 Å². The minimum Gasteiger partial charge on any atom is -0.468 e. The van der Waals surface area contributed by atoms with Crippen LogP contribution in [-0.4, -0.2) is 37.5 Å². The van der Waals surface area contributed by atoms with Gasteiger partial charge in [-0.3, -0.25) is 18.7 Å². The number of fused-ring (bicyclic) bond motifs is 1. The number of hydrogen-bond acceptors (Lipinski definition) is 6. The topological polar surface area (TPSA) is 88.1 Å². The molecule has 0 aliphatic rings. The number of hydrogen-bond donors (Lipinski definition) is 0. The smallest absolute Gasteiger partial charge is 0.332 e. The number of ether oxygens (including phenoxy) is 1. The molecule has 2 rings (SSSR count). The molecule has 0 amide bonds. The average molecular weight is 326 g/mol. The van der Waals surface area contributed by atoms with Crippen LogP contribution >= 0.6 is 11.8 Å². The summed E-state index contributed by atoms with van der Waals surface area (Å²) in [5.41, 5.74) is -0.111. The van der Waals surface area contributed by atoms with E-state index in [4.69, 9.17) is 0 Å². The maximum absolute atomic E-state index is 12.4. The number of methoxy groups -OCH3 is 1. The second-order valence-electron chi connectivity index (χ2n) is 4.79. The van der Waals surface area contributed by atoms with Gasteiger partial charge in [-0.25, -0.2) is 9.78 Å². The second kappa shape index (κ2) is 6.39. The first-order valence-electron chi connectivity index (χ1n) is 6.78. The number of carbonyl (C=O) groups excluding carboxylic acids is 1. The molecule has 0 aliphatic carbocycles. The predicted molar refractivity (Wildman–Crippen MR) is 83.2 cm³/mol. The SMILES string of the molecule is CCCn1c(SCC(=O)OC)nc2c1c(=O)n(C)c(=O)n2C. The molecule has 0 saturated heterocycles. The van der Waals surface area contributed by atoms with Crippen LogP contribution in [0.25, 0.3) is 11.2 Å². The van der Waals surface area contributed by atoms with Crippen molar-refractivity contribution in [1.82, 2.24) is 18.7 Å². The van der Waals surface area contributed by atoms with Gasteiger partial charge in [-0.1, -0.05) is 18.7 Å². The number of rotatable bonds is 5. The van der Waals surface area contributed by atoms with E-state index in [1.165, 1.54) is 30.5 Å². The first-order chi connectivity index (χ1) is 10.4. The van der Waals surface area contributed by atoms with Gasteiger partial charge in [0.2, 0.25) is 0 Å². The molecule has 9 heteroatoms. The average Bonchev–Trinajstić information content (AvgIpc) is 2.87. The van der Waals surface area contributed by atoms with E-state index < -0.39 is 5.69 Å². The highest BCUT2D eigenvalue weighted by molar-refractivity contribution is 7.99. The molecular weight excluding hydrogens is 308 g/mol. The summed E-state index contributed by atoms with van der Waals surface area (Å²) in [6.45, 7) is 2.56. The zero-order valence-electron chi connectivity index (χ0n) is 13.0. The molecule has 0 unspecified atom stereocenters. The fourth-order valence-electron chi connectivity index (χ4n) is 2.15. The summed E-state index contributed by atoms with van der Waals surface area (Å²) in [5, 5.41) is 0.528. The molecule has 8 nitrogen and oxygen atoms in total. The second-order valence-corrected chi connectivity index (χ2v) is 5.73.